The Balaban J connectivity index is 2.62. The molecule has 1 atom stereocenters. The number of nitrogens with zero attached hydrogens (tertiary/aromatic N) is 2. The van der Waals surface area contributed by atoms with Crippen molar-refractivity contribution in [2.24, 2.45) is 5.92 Å². The maximum absolute atomic E-state index is 11.0. The lowest BCUT2D eigenvalue weighted by atomic mass is 10.0. The Morgan fingerprint density at radius 2 is 2.11 bits per heavy atom. The van der Waals surface area contributed by atoms with Crippen molar-refractivity contribution in [2.45, 2.75) is 26.8 Å². The number of aliphatic hydroxyl groups is 1. The van der Waals surface area contributed by atoms with Gasteiger partial charge >= 0.3 is 5.97 Å². The summed E-state index contributed by atoms with van der Waals surface area (Å²) in [6.45, 7) is 5.98. The largest absolute Gasteiger partial charge is 0.478 e. The first-order valence-electron chi connectivity index (χ1n) is 6.28. The first-order chi connectivity index (χ1) is 8.95. The average molecular weight is 262 g/mol. The van der Waals surface area contributed by atoms with Gasteiger partial charge in [0, 0.05) is 0 Å². The Morgan fingerprint density at radius 3 is 2.63 bits per heavy atom. The van der Waals surface area contributed by atoms with Gasteiger partial charge in [0.25, 0.3) is 0 Å². The quantitative estimate of drug-likeness (QED) is 0.886. The number of carboxylic acid groups (broad SMARTS) is 1. The molecule has 0 aliphatic carbocycles. The topological polar surface area (TPSA) is 75.3 Å². The average Bonchev–Trinajstić information content (AvgIpc) is 2.66. The van der Waals surface area contributed by atoms with Crippen molar-refractivity contribution in [2.75, 3.05) is 6.61 Å². The number of hydrogen-bond donors (Lipinski definition) is 2. The van der Waals surface area contributed by atoms with Crippen LogP contribution in [0.25, 0.3) is 11.0 Å². The predicted octanol–water partition coefficient (Wildman–Crippen LogP) is 2.23. The van der Waals surface area contributed by atoms with E-state index in [9.17, 15) is 9.90 Å². The number of aryl methyl sites for hydroxylation is 1. The van der Waals surface area contributed by atoms with E-state index in [0.29, 0.717) is 5.52 Å². The molecule has 0 spiro atoms. The van der Waals surface area contributed by atoms with Gasteiger partial charge in [-0.2, -0.15) is 0 Å². The first kappa shape index (κ1) is 13.5. The van der Waals surface area contributed by atoms with Crippen molar-refractivity contribution in [3.05, 3.63) is 29.6 Å². The summed E-state index contributed by atoms with van der Waals surface area (Å²) in [6.07, 6.45) is 0. The number of rotatable bonds is 4. The van der Waals surface area contributed by atoms with Gasteiger partial charge in [0.15, 0.2) is 0 Å². The molecule has 102 valence electrons. The second kappa shape index (κ2) is 5.01. The lowest BCUT2D eigenvalue weighted by molar-refractivity contribution is 0.0697. The van der Waals surface area contributed by atoms with Crippen molar-refractivity contribution in [1.82, 2.24) is 9.55 Å². The van der Waals surface area contributed by atoms with E-state index in [1.807, 2.05) is 25.3 Å². The lowest BCUT2D eigenvalue weighted by Gasteiger charge is -2.22. The highest BCUT2D eigenvalue weighted by Gasteiger charge is 2.20. The van der Waals surface area contributed by atoms with Crippen LogP contribution in [0.1, 0.15) is 36.1 Å². The fraction of sp³-hybridized carbons (Fsp3) is 0.429. The minimum absolute atomic E-state index is 0.0324. The summed E-state index contributed by atoms with van der Waals surface area (Å²) in [6, 6.07) is 4.83. The standard InChI is InChI=1S/C14H18N2O3/c1-8(2)13(7-17)16-9(3)15-11-6-10(14(18)19)4-5-12(11)16/h4-6,8,13,17H,7H2,1-3H3,(H,18,19). The molecule has 2 aromatic rings. The third-order valence-corrected chi connectivity index (χ3v) is 3.40. The van der Waals surface area contributed by atoms with Crippen LogP contribution in [0.2, 0.25) is 0 Å². The van der Waals surface area contributed by atoms with Gasteiger partial charge in [-0.05, 0) is 31.0 Å². The molecule has 1 unspecified atom stereocenters. The Morgan fingerprint density at radius 1 is 1.42 bits per heavy atom. The fourth-order valence-electron chi connectivity index (χ4n) is 2.36. The van der Waals surface area contributed by atoms with E-state index in [0.717, 1.165) is 11.3 Å². The summed E-state index contributed by atoms with van der Waals surface area (Å²) < 4.78 is 1.98. The van der Waals surface area contributed by atoms with Gasteiger partial charge < -0.3 is 14.8 Å². The molecular formula is C14H18N2O3. The number of benzene rings is 1. The number of aliphatic hydroxyl groups excluding tert-OH is 1. The number of fused-ring (bicyclic) bond motifs is 1. The normalized spacial score (nSPS) is 13.1. The van der Waals surface area contributed by atoms with E-state index in [1.54, 1.807) is 18.2 Å². The van der Waals surface area contributed by atoms with E-state index in [1.165, 1.54) is 0 Å². The minimum Gasteiger partial charge on any atom is -0.478 e. The zero-order valence-corrected chi connectivity index (χ0v) is 11.3. The molecule has 19 heavy (non-hydrogen) atoms. The second-order valence-electron chi connectivity index (χ2n) is 5.03. The van der Waals surface area contributed by atoms with Crippen LogP contribution in [0.4, 0.5) is 0 Å². The number of aromatic nitrogens is 2. The molecular weight excluding hydrogens is 244 g/mol. The number of carbonyl (C=O) groups is 1. The molecule has 5 nitrogen and oxygen atoms in total. The van der Waals surface area contributed by atoms with Gasteiger partial charge in [-0.1, -0.05) is 13.8 Å². The van der Waals surface area contributed by atoms with Crippen LogP contribution in [0.15, 0.2) is 18.2 Å². The fourth-order valence-corrected chi connectivity index (χ4v) is 2.36. The molecule has 0 aliphatic heterocycles. The molecule has 0 radical (unpaired) electrons. The monoisotopic (exact) mass is 262 g/mol. The Bertz CT molecular complexity index is 616. The van der Waals surface area contributed by atoms with Crippen molar-refractivity contribution in [3.63, 3.8) is 0 Å². The number of imidazole rings is 1. The van der Waals surface area contributed by atoms with Crippen molar-refractivity contribution in [1.29, 1.82) is 0 Å². The van der Waals surface area contributed by atoms with Crippen LogP contribution in [0, 0.1) is 12.8 Å². The van der Waals surface area contributed by atoms with Crippen molar-refractivity contribution in [3.8, 4) is 0 Å². The molecule has 0 amide bonds. The lowest BCUT2D eigenvalue weighted by Crippen LogP contribution is -2.20. The van der Waals surface area contributed by atoms with Crippen LogP contribution in [-0.2, 0) is 0 Å². The molecule has 1 aromatic carbocycles. The highest BCUT2D eigenvalue weighted by atomic mass is 16.4. The highest BCUT2D eigenvalue weighted by Crippen LogP contribution is 2.26. The van der Waals surface area contributed by atoms with Crippen molar-refractivity contribution >= 4 is 17.0 Å². The van der Waals surface area contributed by atoms with Gasteiger partial charge in [0.05, 0.1) is 29.2 Å². The van der Waals surface area contributed by atoms with Gasteiger partial charge in [0.1, 0.15) is 5.82 Å². The molecule has 5 heteroatoms. The zero-order valence-electron chi connectivity index (χ0n) is 11.3. The summed E-state index contributed by atoms with van der Waals surface area (Å²) in [5.74, 6) is 0.0854. The van der Waals surface area contributed by atoms with Crippen LogP contribution in [0.3, 0.4) is 0 Å². The van der Waals surface area contributed by atoms with Crippen LogP contribution in [-0.4, -0.2) is 32.3 Å². The zero-order chi connectivity index (χ0) is 14.2. The van der Waals surface area contributed by atoms with E-state index in [-0.39, 0.29) is 24.1 Å². The maximum Gasteiger partial charge on any atom is 0.335 e. The third kappa shape index (κ3) is 2.33. The Hall–Kier alpha value is -1.88. The van der Waals surface area contributed by atoms with Gasteiger partial charge in [-0.25, -0.2) is 9.78 Å². The Kier molecular flexibility index (Phi) is 3.57. The van der Waals surface area contributed by atoms with Crippen LogP contribution in [0.5, 0.6) is 0 Å². The number of hydrogen-bond acceptors (Lipinski definition) is 3. The van der Waals surface area contributed by atoms with E-state index in [4.69, 9.17) is 5.11 Å². The minimum atomic E-state index is -0.961. The number of aromatic carboxylic acids is 1. The molecule has 0 saturated carbocycles. The summed E-state index contributed by atoms with van der Waals surface area (Å²) >= 11 is 0. The van der Waals surface area contributed by atoms with Crippen molar-refractivity contribution < 1.29 is 15.0 Å². The molecule has 2 N–H and O–H groups in total. The van der Waals surface area contributed by atoms with Gasteiger partial charge in [0.2, 0.25) is 0 Å². The maximum atomic E-state index is 11.0. The second-order valence-corrected chi connectivity index (χ2v) is 5.03. The molecule has 2 rings (SSSR count). The first-order valence-corrected chi connectivity index (χ1v) is 6.28. The van der Waals surface area contributed by atoms with E-state index >= 15 is 0 Å². The number of carboxylic acids is 1. The third-order valence-electron chi connectivity index (χ3n) is 3.40. The van der Waals surface area contributed by atoms with E-state index < -0.39 is 5.97 Å². The predicted molar refractivity (Wildman–Crippen MR) is 72.4 cm³/mol. The molecule has 0 fully saturated rings. The summed E-state index contributed by atoms with van der Waals surface area (Å²) in [5.41, 5.74) is 1.73. The Labute approximate surface area is 111 Å². The van der Waals surface area contributed by atoms with E-state index in [2.05, 4.69) is 4.98 Å². The summed E-state index contributed by atoms with van der Waals surface area (Å²) in [4.78, 5) is 15.4. The van der Waals surface area contributed by atoms with Gasteiger partial charge in [-0.15, -0.1) is 0 Å². The van der Waals surface area contributed by atoms with Crippen LogP contribution >= 0.6 is 0 Å². The SMILES string of the molecule is Cc1nc2cc(C(=O)O)ccc2n1C(CO)C(C)C. The highest BCUT2D eigenvalue weighted by molar-refractivity contribution is 5.92. The molecule has 0 aliphatic rings. The molecule has 1 aromatic heterocycles. The van der Waals surface area contributed by atoms with Gasteiger partial charge in [-0.3, -0.25) is 0 Å². The summed E-state index contributed by atoms with van der Waals surface area (Å²) in [7, 11) is 0. The smallest absolute Gasteiger partial charge is 0.335 e. The molecule has 0 saturated heterocycles. The molecule has 1 heterocycles. The molecule has 0 bridgehead atoms. The summed E-state index contributed by atoms with van der Waals surface area (Å²) in [5, 5.41) is 18.5. The van der Waals surface area contributed by atoms with Crippen LogP contribution < -0.4 is 0 Å².